The summed E-state index contributed by atoms with van der Waals surface area (Å²) in [6.45, 7) is 6.68. The lowest BCUT2D eigenvalue weighted by molar-refractivity contribution is 0.185. The molecule has 1 fully saturated rings. The SMILES string of the molecule is Cc1c(Cl)nnc(NCCC2CCOC2)c1C. The summed E-state index contributed by atoms with van der Waals surface area (Å²) in [7, 11) is 0. The molecule has 0 aliphatic carbocycles. The van der Waals surface area contributed by atoms with E-state index < -0.39 is 0 Å². The summed E-state index contributed by atoms with van der Waals surface area (Å²) in [6.07, 6.45) is 2.29. The van der Waals surface area contributed by atoms with Gasteiger partial charge in [0.1, 0.15) is 0 Å². The van der Waals surface area contributed by atoms with Crippen molar-refractivity contribution in [3.05, 3.63) is 16.3 Å². The minimum atomic E-state index is 0.484. The Morgan fingerprint density at radius 2 is 2.18 bits per heavy atom. The van der Waals surface area contributed by atoms with Crippen molar-refractivity contribution in [2.45, 2.75) is 26.7 Å². The summed E-state index contributed by atoms with van der Waals surface area (Å²) in [6, 6.07) is 0. The fourth-order valence-corrected chi connectivity index (χ4v) is 2.13. The van der Waals surface area contributed by atoms with Crippen LogP contribution >= 0.6 is 11.6 Å². The van der Waals surface area contributed by atoms with Crippen molar-refractivity contribution < 1.29 is 4.74 Å². The van der Waals surface area contributed by atoms with Gasteiger partial charge in [-0.1, -0.05) is 11.6 Å². The predicted octanol–water partition coefficient (Wildman–Crippen LogP) is 2.59. The molecular weight excluding hydrogens is 238 g/mol. The second-order valence-corrected chi connectivity index (χ2v) is 4.89. The Labute approximate surface area is 107 Å². The minimum absolute atomic E-state index is 0.484. The first-order chi connectivity index (χ1) is 8.18. The smallest absolute Gasteiger partial charge is 0.155 e. The maximum absolute atomic E-state index is 5.91. The Morgan fingerprint density at radius 3 is 2.88 bits per heavy atom. The third-order valence-electron chi connectivity index (χ3n) is 3.33. The quantitative estimate of drug-likeness (QED) is 0.898. The molecular formula is C12H18ClN3O. The number of aromatic nitrogens is 2. The largest absolute Gasteiger partial charge is 0.381 e. The molecule has 17 heavy (non-hydrogen) atoms. The zero-order valence-electron chi connectivity index (χ0n) is 10.3. The maximum Gasteiger partial charge on any atom is 0.155 e. The normalized spacial score (nSPS) is 19.6. The highest BCUT2D eigenvalue weighted by Crippen LogP contribution is 2.21. The van der Waals surface area contributed by atoms with E-state index in [2.05, 4.69) is 15.5 Å². The molecule has 0 amide bonds. The van der Waals surface area contributed by atoms with E-state index in [0.29, 0.717) is 11.1 Å². The molecule has 1 aromatic heterocycles. The van der Waals surface area contributed by atoms with Crippen molar-refractivity contribution >= 4 is 17.4 Å². The predicted molar refractivity (Wildman–Crippen MR) is 68.5 cm³/mol. The number of nitrogens with one attached hydrogen (secondary N) is 1. The number of rotatable bonds is 4. The van der Waals surface area contributed by atoms with Crippen LogP contribution in [0.3, 0.4) is 0 Å². The van der Waals surface area contributed by atoms with Crippen LogP contribution in [0.1, 0.15) is 24.0 Å². The summed E-state index contributed by atoms with van der Waals surface area (Å²) in [5, 5.41) is 11.8. The van der Waals surface area contributed by atoms with E-state index in [9.17, 15) is 0 Å². The Kier molecular flexibility index (Phi) is 4.18. The van der Waals surface area contributed by atoms with Crippen LogP contribution in [0.5, 0.6) is 0 Å². The first kappa shape index (κ1) is 12.6. The molecule has 1 saturated heterocycles. The summed E-state index contributed by atoms with van der Waals surface area (Å²) < 4.78 is 5.35. The molecule has 2 rings (SSSR count). The number of anilines is 1. The van der Waals surface area contributed by atoms with Gasteiger partial charge >= 0.3 is 0 Å². The van der Waals surface area contributed by atoms with Gasteiger partial charge in [-0.15, -0.1) is 10.2 Å². The van der Waals surface area contributed by atoms with Gasteiger partial charge in [-0.3, -0.25) is 0 Å². The first-order valence-corrected chi connectivity index (χ1v) is 6.37. The number of halogens is 1. The van der Waals surface area contributed by atoms with E-state index in [1.54, 1.807) is 0 Å². The molecule has 0 aromatic carbocycles. The van der Waals surface area contributed by atoms with Crippen LogP contribution in [0, 0.1) is 19.8 Å². The average Bonchev–Trinajstić information content (AvgIpc) is 2.82. The van der Waals surface area contributed by atoms with Gasteiger partial charge in [0.15, 0.2) is 11.0 Å². The minimum Gasteiger partial charge on any atom is -0.381 e. The van der Waals surface area contributed by atoms with Gasteiger partial charge in [0.25, 0.3) is 0 Å². The first-order valence-electron chi connectivity index (χ1n) is 5.99. The van der Waals surface area contributed by atoms with Crippen LogP contribution in [-0.4, -0.2) is 30.0 Å². The van der Waals surface area contributed by atoms with Gasteiger partial charge in [-0.2, -0.15) is 0 Å². The molecule has 5 heteroatoms. The lowest BCUT2D eigenvalue weighted by Crippen LogP contribution is -2.11. The van der Waals surface area contributed by atoms with Crippen molar-refractivity contribution in [1.82, 2.24) is 10.2 Å². The van der Waals surface area contributed by atoms with Crippen molar-refractivity contribution in [2.75, 3.05) is 25.1 Å². The third-order valence-corrected chi connectivity index (χ3v) is 3.69. The molecule has 0 spiro atoms. The second kappa shape index (κ2) is 5.65. The summed E-state index contributed by atoms with van der Waals surface area (Å²) in [4.78, 5) is 0. The zero-order chi connectivity index (χ0) is 12.3. The van der Waals surface area contributed by atoms with Crippen LogP contribution in [-0.2, 0) is 4.74 Å². The molecule has 1 unspecified atom stereocenters. The van der Waals surface area contributed by atoms with Gasteiger partial charge in [0.2, 0.25) is 0 Å². The van der Waals surface area contributed by atoms with E-state index >= 15 is 0 Å². The Balaban J connectivity index is 1.88. The fourth-order valence-electron chi connectivity index (χ4n) is 1.95. The number of ether oxygens (including phenoxy) is 1. The summed E-state index contributed by atoms with van der Waals surface area (Å²) in [5.41, 5.74) is 2.07. The molecule has 0 bridgehead atoms. The molecule has 94 valence electrons. The number of hydrogen-bond acceptors (Lipinski definition) is 4. The Hall–Kier alpha value is -0.870. The van der Waals surface area contributed by atoms with Gasteiger partial charge in [0, 0.05) is 19.8 Å². The molecule has 1 aliphatic heterocycles. The van der Waals surface area contributed by atoms with E-state index in [1.165, 1.54) is 6.42 Å². The molecule has 4 nitrogen and oxygen atoms in total. The van der Waals surface area contributed by atoms with Gasteiger partial charge in [-0.05, 0) is 43.7 Å². The van der Waals surface area contributed by atoms with Crippen molar-refractivity contribution in [2.24, 2.45) is 5.92 Å². The lowest BCUT2D eigenvalue weighted by Gasteiger charge is -2.12. The number of nitrogens with zero attached hydrogens (tertiary/aromatic N) is 2. The van der Waals surface area contributed by atoms with Crippen LogP contribution in [0.2, 0.25) is 5.15 Å². The second-order valence-electron chi connectivity index (χ2n) is 4.53. The molecule has 2 heterocycles. The van der Waals surface area contributed by atoms with Crippen molar-refractivity contribution in [3.8, 4) is 0 Å². The molecule has 1 N–H and O–H groups in total. The van der Waals surface area contributed by atoms with Crippen LogP contribution in [0.4, 0.5) is 5.82 Å². The third kappa shape index (κ3) is 3.07. The van der Waals surface area contributed by atoms with Gasteiger partial charge < -0.3 is 10.1 Å². The standard InChI is InChI=1S/C12H18ClN3O/c1-8-9(2)12(16-15-11(8)13)14-5-3-10-4-6-17-7-10/h10H,3-7H2,1-2H3,(H,14,16). The zero-order valence-corrected chi connectivity index (χ0v) is 11.0. The number of hydrogen-bond donors (Lipinski definition) is 1. The molecule has 1 aromatic rings. The maximum atomic E-state index is 5.91. The van der Waals surface area contributed by atoms with Crippen LogP contribution in [0.25, 0.3) is 0 Å². The van der Waals surface area contributed by atoms with E-state index in [0.717, 1.165) is 43.1 Å². The van der Waals surface area contributed by atoms with Crippen LogP contribution in [0.15, 0.2) is 0 Å². The summed E-state index contributed by atoms with van der Waals surface area (Å²) >= 11 is 5.91. The summed E-state index contributed by atoms with van der Waals surface area (Å²) in [5.74, 6) is 1.52. The van der Waals surface area contributed by atoms with Crippen molar-refractivity contribution in [1.29, 1.82) is 0 Å². The topological polar surface area (TPSA) is 47.0 Å². The Morgan fingerprint density at radius 1 is 1.35 bits per heavy atom. The highest BCUT2D eigenvalue weighted by molar-refractivity contribution is 6.30. The van der Waals surface area contributed by atoms with Crippen molar-refractivity contribution in [3.63, 3.8) is 0 Å². The van der Waals surface area contributed by atoms with E-state index in [-0.39, 0.29) is 0 Å². The molecule has 1 aliphatic rings. The molecule has 0 radical (unpaired) electrons. The Bertz CT molecular complexity index is 392. The lowest BCUT2D eigenvalue weighted by atomic mass is 10.1. The van der Waals surface area contributed by atoms with E-state index in [1.807, 2.05) is 13.8 Å². The molecule has 0 saturated carbocycles. The average molecular weight is 256 g/mol. The van der Waals surface area contributed by atoms with E-state index in [4.69, 9.17) is 16.3 Å². The highest BCUT2D eigenvalue weighted by Gasteiger charge is 2.15. The van der Waals surface area contributed by atoms with Gasteiger partial charge in [0.05, 0.1) is 0 Å². The van der Waals surface area contributed by atoms with Crippen LogP contribution < -0.4 is 5.32 Å². The van der Waals surface area contributed by atoms with Gasteiger partial charge in [-0.25, -0.2) is 0 Å². The molecule has 1 atom stereocenters. The monoisotopic (exact) mass is 255 g/mol. The fraction of sp³-hybridized carbons (Fsp3) is 0.667. The highest BCUT2D eigenvalue weighted by atomic mass is 35.5.